The lowest BCUT2D eigenvalue weighted by Crippen LogP contribution is -2.57. The fraction of sp³-hybridized carbons (Fsp3) is 0.562. The van der Waals surface area contributed by atoms with Crippen LogP contribution < -0.4 is 15.4 Å². The maximum atomic E-state index is 12.4. The van der Waals surface area contributed by atoms with Crippen LogP contribution in [0.5, 0.6) is 5.75 Å². The Labute approximate surface area is 120 Å². The molecule has 0 saturated carbocycles. The molecule has 2 atom stereocenters. The highest BCUT2D eigenvalue weighted by Gasteiger charge is 2.34. The number of carbonyl (C=O) groups is 1. The average molecular weight is 276 g/mol. The summed E-state index contributed by atoms with van der Waals surface area (Å²) in [5.74, 6) is 0.911. The van der Waals surface area contributed by atoms with Gasteiger partial charge in [0.1, 0.15) is 5.75 Å². The lowest BCUT2D eigenvalue weighted by Gasteiger charge is -2.34. The highest BCUT2D eigenvalue weighted by molar-refractivity contribution is 5.86. The number of amides is 1. The van der Waals surface area contributed by atoms with Gasteiger partial charge in [0.2, 0.25) is 5.91 Å². The standard InChI is InChI=1S/C16H24N2O2/c1-12(13-6-8-14(20-3)9-7-13)18-15(19)16(2)10-4-5-11-17-16/h6-9,12,17H,4-5,10-11H2,1-3H3,(H,18,19). The molecule has 2 N–H and O–H groups in total. The van der Waals surface area contributed by atoms with Gasteiger partial charge in [-0.25, -0.2) is 0 Å². The van der Waals surface area contributed by atoms with Crippen molar-refractivity contribution in [2.75, 3.05) is 13.7 Å². The van der Waals surface area contributed by atoms with Gasteiger partial charge in [0.15, 0.2) is 0 Å². The molecule has 2 rings (SSSR count). The molecule has 1 aromatic carbocycles. The fourth-order valence-electron chi connectivity index (χ4n) is 2.58. The Hall–Kier alpha value is -1.55. The Balaban J connectivity index is 1.99. The van der Waals surface area contributed by atoms with E-state index in [9.17, 15) is 4.79 Å². The first kappa shape index (κ1) is 14.9. The van der Waals surface area contributed by atoms with Crippen LogP contribution in [0.4, 0.5) is 0 Å². The molecule has 4 nitrogen and oxygen atoms in total. The summed E-state index contributed by atoms with van der Waals surface area (Å²) in [5.41, 5.74) is 0.650. The number of carbonyl (C=O) groups excluding carboxylic acids is 1. The summed E-state index contributed by atoms with van der Waals surface area (Å²) >= 11 is 0. The van der Waals surface area contributed by atoms with Gasteiger partial charge < -0.3 is 15.4 Å². The van der Waals surface area contributed by atoms with E-state index < -0.39 is 5.54 Å². The molecule has 20 heavy (non-hydrogen) atoms. The molecular formula is C16H24N2O2. The largest absolute Gasteiger partial charge is 0.497 e. The van der Waals surface area contributed by atoms with Crippen LogP contribution in [0.2, 0.25) is 0 Å². The number of rotatable bonds is 4. The van der Waals surface area contributed by atoms with E-state index in [1.165, 1.54) is 0 Å². The molecule has 0 spiro atoms. The molecule has 1 aliphatic rings. The first-order chi connectivity index (χ1) is 9.55. The third-order valence-electron chi connectivity index (χ3n) is 4.08. The summed E-state index contributed by atoms with van der Waals surface area (Å²) in [4.78, 5) is 12.4. The Morgan fingerprint density at radius 3 is 2.60 bits per heavy atom. The lowest BCUT2D eigenvalue weighted by molar-refractivity contribution is -0.128. The molecule has 1 amide bonds. The van der Waals surface area contributed by atoms with Crippen molar-refractivity contribution in [1.82, 2.24) is 10.6 Å². The highest BCUT2D eigenvalue weighted by atomic mass is 16.5. The summed E-state index contributed by atoms with van der Waals surface area (Å²) in [5, 5.41) is 6.44. The number of methoxy groups -OCH3 is 1. The van der Waals surface area contributed by atoms with E-state index in [1.54, 1.807) is 7.11 Å². The third kappa shape index (κ3) is 3.31. The monoisotopic (exact) mass is 276 g/mol. The second kappa shape index (κ2) is 6.27. The van der Waals surface area contributed by atoms with Gasteiger partial charge in [-0.15, -0.1) is 0 Å². The summed E-state index contributed by atoms with van der Waals surface area (Å²) in [6.45, 7) is 4.91. The van der Waals surface area contributed by atoms with Gasteiger partial charge in [0.25, 0.3) is 0 Å². The van der Waals surface area contributed by atoms with Crippen LogP contribution in [-0.2, 0) is 4.79 Å². The van der Waals surface area contributed by atoms with Gasteiger partial charge in [0, 0.05) is 0 Å². The molecule has 1 fully saturated rings. The summed E-state index contributed by atoms with van der Waals surface area (Å²) in [6, 6.07) is 7.80. The van der Waals surface area contributed by atoms with Gasteiger partial charge in [0.05, 0.1) is 18.7 Å². The zero-order valence-electron chi connectivity index (χ0n) is 12.5. The molecular weight excluding hydrogens is 252 g/mol. The molecule has 0 aromatic heterocycles. The third-order valence-corrected chi connectivity index (χ3v) is 4.08. The number of ether oxygens (including phenoxy) is 1. The van der Waals surface area contributed by atoms with Crippen LogP contribution >= 0.6 is 0 Å². The minimum Gasteiger partial charge on any atom is -0.497 e. The molecule has 4 heteroatoms. The molecule has 2 unspecified atom stereocenters. The first-order valence-electron chi connectivity index (χ1n) is 7.25. The molecule has 1 heterocycles. The number of benzene rings is 1. The fourth-order valence-corrected chi connectivity index (χ4v) is 2.58. The van der Waals surface area contributed by atoms with Crippen LogP contribution in [0.3, 0.4) is 0 Å². The molecule has 1 saturated heterocycles. The van der Waals surface area contributed by atoms with Crippen molar-refractivity contribution in [2.45, 2.75) is 44.7 Å². The van der Waals surface area contributed by atoms with Crippen LogP contribution in [0, 0.1) is 0 Å². The SMILES string of the molecule is COc1ccc(C(C)NC(=O)C2(C)CCCCN2)cc1. The average Bonchev–Trinajstić information content (AvgIpc) is 2.48. The van der Waals surface area contributed by atoms with Gasteiger partial charge in [-0.1, -0.05) is 12.1 Å². The van der Waals surface area contributed by atoms with Crippen molar-refractivity contribution in [1.29, 1.82) is 0 Å². The number of hydrogen-bond acceptors (Lipinski definition) is 3. The van der Waals surface area contributed by atoms with Crippen LogP contribution in [0.15, 0.2) is 24.3 Å². The van der Waals surface area contributed by atoms with Crippen molar-refractivity contribution >= 4 is 5.91 Å². The van der Waals surface area contributed by atoms with Crippen molar-refractivity contribution in [3.05, 3.63) is 29.8 Å². The summed E-state index contributed by atoms with van der Waals surface area (Å²) in [7, 11) is 1.65. The Bertz CT molecular complexity index is 450. The predicted octanol–water partition coefficient (Wildman–Crippen LogP) is 2.40. The number of hydrogen-bond donors (Lipinski definition) is 2. The van der Waals surface area contributed by atoms with E-state index in [0.717, 1.165) is 37.1 Å². The second-order valence-electron chi connectivity index (χ2n) is 5.68. The predicted molar refractivity (Wildman–Crippen MR) is 79.8 cm³/mol. The Kier molecular flexibility index (Phi) is 4.65. The lowest BCUT2D eigenvalue weighted by atomic mass is 9.89. The van der Waals surface area contributed by atoms with E-state index in [0.29, 0.717) is 0 Å². The molecule has 0 aliphatic carbocycles. The molecule has 1 aliphatic heterocycles. The second-order valence-corrected chi connectivity index (χ2v) is 5.68. The molecule has 110 valence electrons. The maximum absolute atomic E-state index is 12.4. The first-order valence-corrected chi connectivity index (χ1v) is 7.25. The minimum absolute atomic E-state index is 0.00559. The molecule has 0 bridgehead atoms. The zero-order valence-corrected chi connectivity index (χ0v) is 12.5. The minimum atomic E-state index is -0.432. The van der Waals surface area contributed by atoms with Crippen molar-refractivity contribution in [3.8, 4) is 5.75 Å². The number of piperidine rings is 1. The van der Waals surface area contributed by atoms with Gasteiger partial charge >= 0.3 is 0 Å². The van der Waals surface area contributed by atoms with E-state index in [2.05, 4.69) is 10.6 Å². The molecule has 1 aromatic rings. The van der Waals surface area contributed by atoms with E-state index in [-0.39, 0.29) is 11.9 Å². The van der Waals surface area contributed by atoms with Crippen molar-refractivity contribution in [3.63, 3.8) is 0 Å². The quantitative estimate of drug-likeness (QED) is 0.888. The summed E-state index contributed by atoms with van der Waals surface area (Å²) < 4.78 is 5.14. The topological polar surface area (TPSA) is 50.4 Å². The van der Waals surface area contributed by atoms with Crippen LogP contribution in [-0.4, -0.2) is 25.1 Å². The van der Waals surface area contributed by atoms with Gasteiger partial charge in [-0.2, -0.15) is 0 Å². The molecule has 0 radical (unpaired) electrons. The van der Waals surface area contributed by atoms with Crippen molar-refractivity contribution < 1.29 is 9.53 Å². The van der Waals surface area contributed by atoms with E-state index in [4.69, 9.17) is 4.74 Å². The number of nitrogens with one attached hydrogen (secondary N) is 2. The van der Waals surface area contributed by atoms with E-state index in [1.807, 2.05) is 38.1 Å². The summed E-state index contributed by atoms with van der Waals surface area (Å²) in [6.07, 6.45) is 3.15. The Morgan fingerprint density at radius 2 is 2.05 bits per heavy atom. The van der Waals surface area contributed by atoms with Crippen LogP contribution in [0.25, 0.3) is 0 Å². The highest BCUT2D eigenvalue weighted by Crippen LogP contribution is 2.22. The van der Waals surface area contributed by atoms with Gasteiger partial charge in [-0.05, 0) is 57.4 Å². The Morgan fingerprint density at radius 1 is 1.35 bits per heavy atom. The smallest absolute Gasteiger partial charge is 0.240 e. The van der Waals surface area contributed by atoms with Crippen LogP contribution in [0.1, 0.15) is 44.7 Å². The maximum Gasteiger partial charge on any atom is 0.240 e. The van der Waals surface area contributed by atoms with Crippen molar-refractivity contribution in [2.24, 2.45) is 0 Å². The normalized spacial score (nSPS) is 23.9. The van der Waals surface area contributed by atoms with Gasteiger partial charge in [-0.3, -0.25) is 4.79 Å². The zero-order chi connectivity index (χ0) is 14.6. The van der Waals surface area contributed by atoms with E-state index >= 15 is 0 Å².